The molecule has 0 saturated heterocycles. The Hall–Kier alpha value is -4.50. The summed E-state index contributed by atoms with van der Waals surface area (Å²) in [5.41, 5.74) is 2.17. The smallest absolute Gasteiger partial charge is 0.262 e. The molecule has 2 unspecified atom stereocenters. The lowest BCUT2D eigenvalue weighted by molar-refractivity contribution is 0.0556. The summed E-state index contributed by atoms with van der Waals surface area (Å²) in [4.78, 5) is 66.6. The van der Waals surface area contributed by atoms with E-state index in [9.17, 15) is 0 Å². The molecule has 6 nitrogen and oxygen atoms in total. The van der Waals surface area contributed by atoms with Crippen molar-refractivity contribution >= 4 is 57.1 Å². The third kappa shape index (κ3) is 21.5. The standard InChI is InChI=1S/C74H106N2O4S2/c1-5-9-13-17-21-25-27-31-35-39-45-59(43-37-33-29-23-19-15-11-7-3)57-75-71(77)65-55-62(50-52-64-48-42-54-82-64)68-70-66(56-61(67(69(65)70)73(75)79)49-51-63-47-41-53-81-63)72(78)76(74(68)80)58-60(44-38-34-30-24-20-16-12-8-4)46-40-36-32-28-26-22-18-14-10-6-2/h41-42,47-48,53-56,59-60H,5-40,43-46,57-58H2,1-4H3. The Labute approximate surface area is 506 Å². The van der Waals surface area contributed by atoms with Crippen LogP contribution in [0.2, 0.25) is 0 Å². The van der Waals surface area contributed by atoms with Gasteiger partial charge in [-0.3, -0.25) is 29.0 Å². The average molecular weight is 1150 g/mol. The van der Waals surface area contributed by atoms with Gasteiger partial charge in [-0.05, 0) is 72.5 Å². The van der Waals surface area contributed by atoms with Gasteiger partial charge in [0.15, 0.2) is 0 Å². The summed E-state index contributed by atoms with van der Waals surface area (Å²) in [6, 6.07) is 11.4. The van der Waals surface area contributed by atoms with E-state index in [1.807, 2.05) is 35.0 Å². The molecule has 0 fully saturated rings. The molecule has 0 saturated carbocycles. The van der Waals surface area contributed by atoms with E-state index in [0.717, 1.165) is 86.8 Å². The van der Waals surface area contributed by atoms with E-state index in [4.69, 9.17) is 0 Å². The molecule has 6 rings (SSSR count). The maximum absolute atomic E-state index is 15.5. The summed E-state index contributed by atoms with van der Waals surface area (Å²) < 4.78 is 0. The van der Waals surface area contributed by atoms with E-state index in [1.165, 1.54) is 212 Å². The molecule has 0 N–H and O–H groups in total. The maximum atomic E-state index is 15.5. The van der Waals surface area contributed by atoms with E-state index < -0.39 is 0 Å². The number of carbonyl (C=O) groups is 4. The van der Waals surface area contributed by atoms with Gasteiger partial charge in [0.1, 0.15) is 0 Å². The van der Waals surface area contributed by atoms with Crippen molar-refractivity contribution in [3.8, 4) is 23.7 Å². The Morgan fingerprint density at radius 1 is 0.354 bits per heavy atom. The molecule has 2 aliphatic rings. The van der Waals surface area contributed by atoms with Crippen LogP contribution < -0.4 is 0 Å². The predicted molar refractivity (Wildman–Crippen MR) is 350 cm³/mol. The van der Waals surface area contributed by atoms with Crippen LogP contribution in [0.1, 0.15) is 347 Å². The fourth-order valence-corrected chi connectivity index (χ4v) is 13.9. The monoisotopic (exact) mass is 1150 g/mol. The number of nitrogens with zero attached hydrogens (tertiary/aromatic N) is 2. The van der Waals surface area contributed by atoms with Crippen molar-refractivity contribution in [3.63, 3.8) is 0 Å². The molecule has 2 aromatic heterocycles. The van der Waals surface area contributed by atoms with Crippen molar-refractivity contribution in [2.75, 3.05) is 13.1 Å². The van der Waals surface area contributed by atoms with Crippen molar-refractivity contribution in [3.05, 3.63) is 90.3 Å². The Balaban J connectivity index is 1.32. The fourth-order valence-electron chi connectivity index (χ4n) is 12.8. The second kappa shape index (κ2) is 39.2. The first kappa shape index (κ1) is 66.6. The zero-order valence-corrected chi connectivity index (χ0v) is 53.4. The van der Waals surface area contributed by atoms with Gasteiger partial charge in [0, 0.05) is 46.1 Å². The lowest BCUT2D eigenvalue weighted by Gasteiger charge is -2.35. The third-order valence-electron chi connectivity index (χ3n) is 17.7. The fraction of sp³-hybridized carbons (Fsp3) is 0.649. The van der Waals surface area contributed by atoms with Gasteiger partial charge in [-0.1, -0.05) is 295 Å². The first-order chi connectivity index (χ1) is 40.3. The van der Waals surface area contributed by atoms with Crippen LogP contribution in [0.5, 0.6) is 0 Å². The van der Waals surface area contributed by atoms with Crippen LogP contribution in [0.4, 0.5) is 0 Å². The molecule has 0 bridgehead atoms. The first-order valence-electron chi connectivity index (χ1n) is 33.8. The molecular formula is C74H106N2O4S2. The van der Waals surface area contributed by atoms with Crippen molar-refractivity contribution in [1.29, 1.82) is 0 Å². The van der Waals surface area contributed by atoms with Gasteiger partial charge < -0.3 is 0 Å². The SMILES string of the molecule is CCCCCCCCCCCCC(CCCCCCCCCC)CN1C(=O)c2cc(C#Cc3cccs3)c3c4c(cc(C#Cc5cccs5)c(c24)C1=O)C(=O)N(CC(CCCCCCCCCC)CCCCCCCCCCCC)C3=O. The number of hydrogen-bond donors (Lipinski definition) is 0. The quantitative estimate of drug-likeness (QED) is 0.0251. The van der Waals surface area contributed by atoms with Crippen molar-refractivity contribution in [2.24, 2.45) is 11.8 Å². The van der Waals surface area contributed by atoms with Gasteiger partial charge >= 0.3 is 0 Å². The number of amides is 4. The third-order valence-corrected chi connectivity index (χ3v) is 19.3. The highest BCUT2D eigenvalue weighted by atomic mass is 32.1. The normalized spacial score (nSPS) is 13.7. The van der Waals surface area contributed by atoms with Gasteiger partial charge in [-0.25, -0.2) is 0 Å². The molecule has 0 aliphatic carbocycles. The van der Waals surface area contributed by atoms with Gasteiger partial charge in [0.25, 0.3) is 23.6 Å². The molecule has 0 radical (unpaired) electrons. The highest BCUT2D eigenvalue weighted by molar-refractivity contribution is 7.10. The summed E-state index contributed by atoms with van der Waals surface area (Å²) in [6.45, 7) is 9.73. The van der Waals surface area contributed by atoms with E-state index in [2.05, 4.69) is 51.4 Å². The molecule has 4 aromatic rings. The molecule has 2 aromatic carbocycles. The topological polar surface area (TPSA) is 74.8 Å². The van der Waals surface area contributed by atoms with Gasteiger partial charge in [0.05, 0.1) is 20.9 Å². The van der Waals surface area contributed by atoms with Crippen LogP contribution in [0.3, 0.4) is 0 Å². The van der Waals surface area contributed by atoms with E-state index in [0.29, 0.717) is 57.2 Å². The number of carbonyl (C=O) groups excluding carboxylic acids is 4. The number of imide groups is 2. The molecule has 4 heterocycles. The van der Waals surface area contributed by atoms with Gasteiger partial charge in [-0.15, -0.1) is 22.7 Å². The van der Waals surface area contributed by atoms with Crippen LogP contribution in [-0.4, -0.2) is 46.5 Å². The molecule has 2 atom stereocenters. The Kier molecular flexibility index (Phi) is 31.8. The van der Waals surface area contributed by atoms with Crippen LogP contribution in [0.25, 0.3) is 10.8 Å². The molecule has 0 spiro atoms. The number of unbranched alkanes of at least 4 members (excludes halogenated alkanes) is 32. The summed E-state index contributed by atoms with van der Waals surface area (Å²) >= 11 is 3.06. The average Bonchev–Trinajstić information content (AvgIpc) is 1.10. The minimum absolute atomic E-state index is 0.158. The summed E-state index contributed by atoms with van der Waals surface area (Å²) in [5, 5.41) is 4.74. The molecule has 4 amide bonds. The van der Waals surface area contributed by atoms with Crippen molar-refractivity contribution in [2.45, 2.75) is 285 Å². The first-order valence-corrected chi connectivity index (χ1v) is 35.6. The number of hydrogen-bond acceptors (Lipinski definition) is 6. The molecule has 2 aliphatic heterocycles. The Morgan fingerprint density at radius 2 is 0.622 bits per heavy atom. The van der Waals surface area contributed by atoms with E-state index >= 15 is 19.2 Å². The van der Waals surface area contributed by atoms with Crippen molar-refractivity contribution < 1.29 is 19.2 Å². The second-order valence-corrected chi connectivity index (χ2v) is 26.4. The van der Waals surface area contributed by atoms with Gasteiger partial charge in [0.2, 0.25) is 0 Å². The molecule has 8 heteroatoms. The second-order valence-electron chi connectivity index (χ2n) is 24.5. The minimum atomic E-state index is -0.379. The van der Waals surface area contributed by atoms with Crippen LogP contribution in [-0.2, 0) is 0 Å². The predicted octanol–water partition coefficient (Wildman–Crippen LogP) is 21.9. The number of benzene rings is 2. The van der Waals surface area contributed by atoms with Crippen LogP contribution in [0.15, 0.2) is 47.2 Å². The zero-order valence-electron chi connectivity index (χ0n) is 51.8. The Morgan fingerprint density at radius 3 is 0.878 bits per heavy atom. The molecule has 448 valence electrons. The lowest BCUT2D eigenvalue weighted by Crippen LogP contribution is -2.46. The minimum Gasteiger partial charge on any atom is -0.274 e. The zero-order chi connectivity index (χ0) is 58.0. The Bertz CT molecular complexity index is 2460. The van der Waals surface area contributed by atoms with E-state index in [-0.39, 0.29) is 35.5 Å². The summed E-state index contributed by atoms with van der Waals surface area (Å²) in [6.07, 6.45) is 48.7. The summed E-state index contributed by atoms with van der Waals surface area (Å²) in [7, 11) is 0. The highest BCUT2D eigenvalue weighted by Crippen LogP contribution is 2.42. The summed E-state index contributed by atoms with van der Waals surface area (Å²) in [5.74, 6) is 12.2. The molecule has 82 heavy (non-hydrogen) atoms. The van der Waals surface area contributed by atoms with Crippen molar-refractivity contribution in [1.82, 2.24) is 9.80 Å². The van der Waals surface area contributed by atoms with Crippen LogP contribution >= 0.6 is 22.7 Å². The van der Waals surface area contributed by atoms with Crippen LogP contribution in [0, 0.1) is 35.5 Å². The lowest BCUT2D eigenvalue weighted by atomic mass is 9.80. The maximum Gasteiger partial charge on any atom is 0.262 e. The molecular weight excluding hydrogens is 1040 g/mol. The van der Waals surface area contributed by atoms with Gasteiger partial charge in [-0.2, -0.15) is 0 Å². The highest BCUT2D eigenvalue weighted by Gasteiger charge is 2.43. The largest absolute Gasteiger partial charge is 0.274 e. The number of rotatable bonds is 44. The van der Waals surface area contributed by atoms with E-state index in [1.54, 1.807) is 12.1 Å². The number of thiophene rings is 2.